The second kappa shape index (κ2) is 7.05. The lowest BCUT2D eigenvalue weighted by molar-refractivity contribution is 0.0370. The molecule has 0 aliphatic rings. The highest BCUT2D eigenvalue weighted by atomic mass is 32.1. The molecule has 0 amide bonds. The predicted octanol–water partition coefficient (Wildman–Crippen LogP) is 4.88. The number of hydrogen-bond acceptors (Lipinski definition) is 4. The number of aromatic nitrogens is 1. The second-order valence-electron chi connectivity index (χ2n) is 6.21. The zero-order chi connectivity index (χ0) is 16.3. The first-order valence-electron chi connectivity index (χ1n) is 7.64. The van der Waals surface area contributed by atoms with E-state index in [1.165, 1.54) is 5.56 Å². The van der Waals surface area contributed by atoms with E-state index in [4.69, 9.17) is 4.74 Å². The van der Waals surface area contributed by atoms with Gasteiger partial charge in [0.25, 0.3) is 0 Å². The number of nitrogens with zero attached hydrogens (tertiary/aromatic N) is 1. The molecule has 0 radical (unpaired) electrons. The smallest absolute Gasteiger partial charge is 0.358 e. The van der Waals surface area contributed by atoms with Gasteiger partial charge in [0.1, 0.15) is 5.01 Å². The number of hydrogen-bond donors (Lipinski definition) is 0. The molecule has 0 unspecified atom stereocenters. The zero-order valence-electron chi connectivity index (χ0n) is 13.8. The van der Waals surface area contributed by atoms with E-state index < -0.39 is 0 Å². The molecule has 0 fully saturated rings. The van der Waals surface area contributed by atoms with Crippen LogP contribution < -0.4 is 0 Å². The molecular formula is C18H23NO2S. The summed E-state index contributed by atoms with van der Waals surface area (Å²) in [6.45, 7) is 10.0. The van der Waals surface area contributed by atoms with E-state index >= 15 is 0 Å². The fraction of sp³-hybridized carbons (Fsp3) is 0.444. The summed E-state index contributed by atoms with van der Waals surface area (Å²) in [5.74, 6) is 0.150. The molecule has 1 aromatic heterocycles. The number of benzene rings is 1. The summed E-state index contributed by atoms with van der Waals surface area (Å²) in [5, 5.41) is 0.881. The standard InChI is InChI=1S/C18H23NO2S/c1-11(2)10-15-16(18(20)21-12(3)4)19-17(22-15)14-8-6-13(5)7-9-14/h6-9,11-12H,10H2,1-5H3. The maximum atomic E-state index is 12.3. The Hall–Kier alpha value is -1.68. The Morgan fingerprint density at radius 1 is 1.18 bits per heavy atom. The van der Waals surface area contributed by atoms with Crippen LogP contribution in [0, 0.1) is 12.8 Å². The highest BCUT2D eigenvalue weighted by Crippen LogP contribution is 2.30. The van der Waals surface area contributed by atoms with Crippen molar-refractivity contribution in [2.45, 2.75) is 47.1 Å². The topological polar surface area (TPSA) is 39.2 Å². The van der Waals surface area contributed by atoms with E-state index in [0.717, 1.165) is 21.9 Å². The molecule has 1 aromatic carbocycles. The maximum absolute atomic E-state index is 12.3. The van der Waals surface area contributed by atoms with Crippen molar-refractivity contribution in [1.29, 1.82) is 0 Å². The molecule has 4 heteroatoms. The second-order valence-corrected chi connectivity index (χ2v) is 7.29. The van der Waals surface area contributed by atoms with Gasteiger partial charge < -0.3 is 4.74 Å². The first-order chi connectivity index (χ1) is 10.4. The Bertz CT molecular complexity index is 642. The van der Waals surface area contributed by atoms with Gasteiger partial charge in [-0.25, -0.2) is 9.78 Å². The van der Waals surface area contributed by atoms with Gasteiger partial charge in [0, 0.05) is 10.4 Å². The number of ether oxygens (including phenoxy) is 1. The summed E-state index contributed by atoms with van der Waals surface area (Å²) in [6.07, 6.45) is 0.704. The summed E-state index contributed by atoms with van der Waals surface area (Å²) in [7, 11) is 0. The minimum absolute atomic E-state index is 0.135. The fourth-order valence-corrected chi connectivity index (χ4v) is 3.38. The molecule has 2 aromatic rings. The largest absolute Gasteiger partial charge is 0.458 e. The molecular weight excluding hydrogens is 294 g/mol. The van der Waals surface area contributed by atoms with Crippen LogP contribution in [0.2, 0.25) is 0 Å². The van der Waals surface area contributed by atoms with Gasteiger partial charge in [0.2, 0.25) is 0 Å². The molecule has 0 aliphatic heterocycles. The molecule has 0 saturated heterocycles. The van der Waals surface area contributed by atoms with Crippen LogP contribution in [0.25, 0.3) is 10.6 Å². The highest BCUT2D eigenvalue weighted by molar-refractivity contribution is 7.15. The molecule has 0 N–H and O–H groups in total. The number of thiazole rings is 1. The summed E-state index contributed by atoms with van der Waals surface area (Å²) in [6, 6.07) is 8.21. The van der Waals surface area contributed by atoms with Gasteiger partial charge >= 0.3 is 5.97 Å². The van der Waals surface area contributed by atoms with Crippen molar-refractivity contribution in [3.63, 3.8) is 0 Å². The quantitative estimate of drug-likeness (QED) is 0.738. The van der Waals surface area contributed by atoms with E-state index in [1.807, 2.05) is 26.0 Å². The van der Waals surface area contributed by atoms with Crippen LogP contribution in [0.5, 0.6) is 0 Å². The molecule has 118 valence electrons. The lowest BCUT2D eigenvalue weighted by Gasteiger charge is -2.08. The SMILES string of the molecule is Cc1ccc(-c2nc(C(=O)OC(C)C)c(CC(C)C)s2)cc1. The van der Waals surface area contributed by atoms with Crippen LogP contribution in [0.15, 0.2) is 24.3 Å². The highest BCUT2D eigenvalue weighted by Gasteiger charge is 2.21. The van der Waals surface area contributed by atoms with Gasteiger partial charge in [-0.2, -0.15) is 0 Å². The van der Waals surface area contributed by atoms with Crippen LogP contribution in [0.1, 0.15) is 48.6 Å². The summed E-state index contributed by atoms with van der Waals surface area (Å²) in [4.78, 5) is 17.8. The van der Waals surface area contributed by atoms with Gasteiger partial charge in [0.15, 0.2) is 5.69 Å². The van der Waals surface area contributed by atoms with Gasteiger partial charge in [-0.3, -0.25) is 0 Å². The first-order valence-corrected chi connectivity index (χ1v) is 8.46. The molecule has 0 atom stereocenters. The molecule has 3 nitrogen and oxygen atoms in total. The first kappa shape index (κ1) is 16.7. The number of aryl methyl sites for hydroxylation is 1. The van der Waals surface area contributed by atoms with E-state index in [0.29, 0.717) is 11.6 Å². The summed E-state index contributed by atoms with van der Waals surface area (Å²) in [5.41, 5.74) is 2.73. The van der Waals surface area contributed by atoms with Crippen molar-refractivity contribution < 1.29 is 9.53 Å². The zero-order valence-corrected chi connectivity index (χ0v) is 14.7. The molecule has 22 heavy (non-hydrogen) atoms. The van der Waals surface area contributed by atoms with Gasteiger partial charge in [0.05, 0.1) is 6.10 Å². The monoisotopic (exact) mass is 317 g/mol. The van der Waals surface area contributed by atoms with Crippen LogP contribution in [0.4, 0.5) is 0 Å². The van der Waals surface area contributed by atoms with Crippen LogP contribution in [-0.4, -0.2) is 17.1 Å². The Morgan fingerprint density at radius 2 is 1.82 bits per heavy atom. The molecule has 0 saturated carbocycles. The lowest BCUT2D eigenvalue weighted by atomic mass is 10.1. The van der Waals surface area contributed by atoms with Crippen molar-refractivity contribution in [1.82, 2.24) is 4.98 Å². The van der Waals surface area contributed by atoms with Gasteiger partial charge in [-0.15, -0.1) is 11.3 Å². The van der Waals surface area contributed by atoms with Gasteiger partial charge in [-0.05, 0) is 33.1 Å². The average Bonchev–Trinajstić information content (AvgIpc) is 2.82. The number of carbonyl (C=O) groups is 1. The average molecular weight is 317 g/mol. The summed E-state index contributed by atoms with van der Waals surface area (Å²) >= 11 is 1.59. The van der Waals surface area contributed by atoms with Crippen molar-refractivity contribution in [2.75, 3.05) is 0 Å². The van der Waals surface area contributed by atoms with E-state index in [1.54, 1.807) is 11.3 Å². The Labute approximate surface area is 136 Å². The number of esters is 1. The van der Waals surface area contributed by atoms with E-state index in [-0.39, 0.29) is 12.1 Å². The minimum Gasteiger partial charge on any atom is -0.458 e. The molecule has 0 bridgehead atoms. The third-order valence-electron chi connectivity index (χ3n) is 3.13. The normalized spacial score (nSPS) is 11.2. The third-order valence-corrected chi connectivity index (χ3v) is 4.25. The number of carbonyl (C=O) groups excluding carboxylic acids is 1. The van der Waals surface area contributed by atoms with Crippen LogP contribution >= 0.6 is 11.3 Å². The van der Waals surface area contributed by atoms with E-state index in [2.05, 4.69) is 37.9 Å². The predicted molar refractivity (Wildman–Crippen MR) is 91.4 cm³/mol. The molecule has 0 aliphatic carbocycles. The maximum Gasteiger partial charge on any atom is 0.358 e. The molecule has 0 spiro atoms. The summed E-state index contributed by atoms with van der Waals surface area (Å²) < 4.78 is 5.33. The van der Waals surface area contributed by atoms with E-state index in [9.17, 15) is 4.79 Å². The Morgan fingerprint density at radius 3 is 2.36 bits per heavy atom. The fourth-order valence-electron chi connectivity index (χ4n) is 2.11. The van der Waals surface area contributed by atoms with Crippen molar-refractivity contribution >= 4 is 17.3 Å². The van der Waals surface area contributed by atoms with Gasteiger partial charge in [-0.1, -0.05) is 43.7 Å². The van der Waals surface area contributed by atoms with Crippen molar-refractivity contribution in [3.05, 3.63) is 40.4 Å². The lowest BCUT2D eigenvalue weighted by Crippen LogP contribution is -2.14. The van der Waals surface area contributed by atoms with Crippen molar-refractivity contribution in [2.24, 2.45) is 5.92 Å². The number of rotatable bonds is 5. The minimum atomic E-state index is -0.319. The molecule has 1 heterocycles. The Balaban J connectivity index is 2.38. The Kier molecular flexibility index (Phi) is 5.35. The van der Waals surface area contributed by atoms with Crippen LogP contribution in [-0.2, 0) is 11.2 Å². The van der Waals surface area contributed by atoms with Crippen molar-refractivity contribution in [3.8, 4) is 10.6 Å². The third kappa shape index (κ3) is 4.17. The van der Waals surface area contributed by atoms with Crippen LogP contribution in [0.3, 0.4) is 0 Å². The molecule has 2 rings (SSSR count).